The first-order valence-electron chi connectivity index (χ1n) is 5.89. The van der Waals surface area contributed by atoms with E-state index in [0.717, 1.165) is 26.1 Å². The molecule has 0 aromatic carbocycles. The first kappa shape index (κ1) is 11.8. The number of amides is 1. The van der Waals surface area contributed by atoms with Gasteiger partial charge in [0.15, 0.2) is 0 Å². The molecule has 5 heteroatoms. The molecule has 5 nitrogen and oxygen atoms in total. The third-order valence-electron chi connectivity index (χ3n) is 3.08. The van der Waals surface area contributed by atoms with E-state index in [1.165, 1.54) is 0 Å². The molecule has 2 fully saturated rings. The van der Waals surface area contributed by atoms with Crippen molar-refractivity contribution in [3.05, 3.63) is 0 Å². The van der Waals surface area contributed by atoms with E-state index in [1.54, 1.807) is 0 Å². The van der Waals surface area contributed by atoms with Gasteiger partial charge in [0.25, 0.3) is 0 Å². The maximum absolute atomic E-state index is 11.8. The van der Waals surface area contributed by atoms with Crippen LogP contribution in [0.5, 0.6) is 0 Å². The molecular weight excluding hydrogens is 208 g/mol. The summed E-state index contributed by atoms with van der Waals surface area (Å²) in [7, 11) is 0. The van der Waals surface area contributed by atoms with Crippen LogP contribution in [0, 0.1) is 0 Å². The lowest BCUT2D eigenvalue weighted by molar-refractivity contribution is -0.126. The molecule has 0 bridgehead atoms. The maximum atomic E-state index is 11.8. The largest absolute Gasteiger partial charge is 0.379 e. The van der Waals surface area contributed by atoms with Gasteiger partial charge in [-0.1, -0.05) is 0 Å². The molecule has 0 aromatic rings. The minimum absolute atomic E-state index is 0.0136. The molecule has 2 unspecified atom stereocenters. The average molecular weight is 228 g/mol. The Morgan fingerprint density at radius 2 is 2.44 bits per heavy atom. The van der Waals surface area contributed by atoms with Gasteiger partial charge in [0.05, 0.1) is 31.3 Å². The number of nitrogens with one attached hydrogen (secondary N) is 2. The van der Waals surface area contributed by atoms with Gasteiger partial charge in [0, 0.05) is 19.7 Å². The lowest BCUT2D eigenvalue weighted by atomic mass is 10.0. The van der Waals surface area contributed by atoms with Crippen LogP contribution in [-0.4, -0.2) is 50.5 Å². The molecule has 2 saturated heterocycles. The summed E-state index contributed by atoms with van der Waals surface area (Å²) in [5, 5.41) is 6.24. The average Bonchev–Trinajstić information content (AvgIpc) is 2.66. The van der Waals surface area contributed by atoms with E-state index < -0.39 is 0 Å². The van der Waals surface area contributed by atoms with Gasteiger partial charge in [-0.3, -0.25) is 4.79 Å². The second kappa shape index (κ2) is 5.12. The predicted molar refractivity (Wildman–Crippen MR) is 59.2 cm³/mol. The van der Waals surface area contributed by atoms with Crippen molar-refractivity contribution in [1.29, 1.82) is 0 Å². The van der Waals surface area contributed by atoms with Crippen molar-refractivity contribution in [2.75, 3.05) is 32.9 Å². The fourth-order valence-corrected chi connectivity index (χ4v) is 2.11. The van der Waals surface area contributed by atoms with Crippen LogP contribution in [0.1, 0.15) is 19.8 Å². The second-order valence-corrected chi connectivity index (χ2v) is 4.81. The summed E-state index contributed by atoms with van der Waals surface area (Å²) in [6.45, 7) is 5.71. The molecule has 1 amide bonds. The SMILES string of the molecule is CC1(NC(=O)CC2CNCCO2)CCOC1. The van der Waals surface area contributed by atoms with Crippen LogP contribution < -0.4 is 10.6 Å². The lowest BCUT2D eigenvalue weighted by Crippen LogP contribution is -2.49. The van der Waals surface area contributed by atoms with Gasteiger partial charge in [-0.15, -0.1) is 0 Å². The lowest BCUT2D eigenvalue weighted by Gasteiger charge is -2.27. The zero-order chi connectivity index (χ0) is 11.4. The van der Waals surface area contributed by atoms with E-state index in [9.17, 15) is 4.79 Å². The highest BCUT2D eigenvalue weighted by molar-refractivity contribution is 5.77. The molecule has 2 aliphatic heterocycles. The summed E-state index contributed by atoms with van der Waals surface area (Å²) >= 11 is 0. The number of hydrogen-bond acceptors (Lipinski definition) is 4. The molecule has 0 aliphatic carbocycles. The number of ether oxygens (including phenoxy) is 2. The molecule has 2 heterocycles. The standard InChI is InChI=1S/C11H20N2O3/c1-11(2-4-15-8-11)13-10(14)6-9-7-12-3-5-16-9/h9,12H,2-8H2,1H3,(H,13,14). The first-order chi connectivity index (χ1) is 7.68. The zero-order valence-corrected chi connectivity index (χ0v) is 9.75. The Labute approximate surface area is 95.9 Å². The Balaban J connectivity index is 1.74. The van der Waals surface area contributed by atoms with Gasteiger partial charge in [-0.2, -0.15) is 0 Å². The molecular formula is C11H20N2O3. The van der Waals surface area contributed by atoms with Crippen molar-refractivity contribution in [1.82, 2.24) is 10.6 Å². The molecule has 0 aromatic heterocycles. The van der Waals surface area contributed by atoms with Crippen molar-refractivity contribution in [3.63, 3.8) is 0 Å². The summed E-state index contributed by atoms with van der Waals surface area (Å²) in [5.74, 6) is 0.0571. The van der Waals surface area contributed by atoms with E-state index >= 15 is 0 Å². The third-order valence-corrected chi connectivity index (χ3v) is 3.08. The number of carbonyl (C=O) groups excluding carboxylic acids is 1. The number of hydrogen-bond donors (Lipinski definition) is 2. The normalized spacial score (nSPS) is 34.9. The smallest absolute Gasteiger partial charge is 0.223 e. The topological polar surface area (TPSA) is 59.6 Å². The van der Waals surface area contributed by atoms with Crippen LogP contribution >= 0.6 is 0 Å². The van der Waals surface area contributed by atoms with Crippen molar-refractivity contribution in [3.8, 4) is 0 Å². The van der Waals surface area contributed by atoms with Crippen LogP contribution in [0.3, 0.4) is 0 Å². The molecule has 92 valence electrons. The summed E-state index contributed by atoms with van der Waals surface area (Å²) < 4.78 is 10.8. The first-order valence-corrected chi connectivity index (χ1v) is 5.89. The summed E-state index contributed by atoms with van der Waals surface area (Å²) in [6.07, 6.45) is 1.34. The summed E-state index contributed by atoms with van der Waals surface area (Å²) in [4.78, 5) is 11.8. The van der Waals surface area contributed by atoms with E-state index in [1.807, 2.05) is 6.92 Å². The van der Waals surface area contributed by atoms with Gasteiger partial charge in [0.1, 0.15) is 0 Å². The minimum Gasteiger partial charge on any atom is -0.379 e. The maximum Gasteiger partial charge on any atom is 0.223 e. The highest BCUT2D eigenvalue weighted by Gasteiger charge is 2.31. The molecule has 2 N–H and O–H groups in total. The van der Waals surface area contributed by atoms with Crippen LogP contribution in [0.15, 0.2) is 0 Å². The monoisotopic (exact) mass is 228 g/mol. The Bertz CT molecular complexity index is 246. The number of carbonyl (C=O) groups is 1. The molecule has 2 aliphatic rings. The Morgan fingerprint density at radius 3 is 3.06 bits per heavy atom. The van der Waals surface area contributed by atoms with Gasteiger partial charge in [-0.05, 0) is 13.3 Å². The molecule has 0 spiro atoms. The Morgan fingerprint density at radius 1 is 1.56 bits per heavy atom. The van der Waals surface area contributed by atoms with E-state index in [2.05, 4.69) is 10.6 Å². The highest BCUT2D eigenvalue weighted by Crippen LogP contribution is 2.17. The van der Waals surface area contributed by atoms with Gasteiger partial charge in [0.2, 0.25) is 5.91 Å². The fourth-order valence-electron chi connectivity index (χ4n) is 2.11. The Kier molecular flexibility index (Phi) is 3.78. The van der Waals surface area contributed by atoms with E-state index in [-0.39, 0.29) is 17.6 Å². The Hall–Kier alpha value is -0.650. The zero-order valence-electron chi connectivity index (χ0n) is 9.75. The van der Waals surface area contributed by atoms with Crippen LogP contribution in [0.25, 0.3) is 0 Å². The molecule has 16 heavy (non-hydrogen) atoms. The summed E-state index contributed by atoms with van der Waals surface area (Å²) in [6, 6.07) is 0. The van der Waals surface area contributed by atoms with Crippen LogP contribution in [0.2, 0.25) is 0 Å². The molecule has 2 rings (SSSR count). The number of morpholine rings is 1. The van der Waals surface area contributed by atoms with Gasteiger partial charge in [-0.25, -0.2) is 0 Å². The van der Waals surface area contributed by atoms with Crippen molar-refractivity contribution >= 4 is 5.91 Å². The molecule has 0 radical (unpaired) electrons. The molecule has 0 saturated carbocycles. The van der Waals surface area contributed by atoms with Crippen LogP contribution in [0.4, 0.5) is 0 Å². The fraction of sp³-hybridized carbons (Fsp3) is 0.909. The minimum atomic E-state index is -0.181. The van der Waals surface area contributed by atoms with Crippen molar-refractivity contribution in [2.45, 2.75) is 31.4 Å². The van der Waals surface area contributed by atoms with Gasteiger partial charge < -0.3 is 20.1 Å². The highest BCUT2D eigenvalue weighted by atomic mass is 16.5. The van der Waals surface area contributed by atoms with Gasteiger partial charge >= 0.3 is 0 Å². The predicted octanol–water partition coefficient (Wildman–Crippen LogP) is -0.340. The van der Waals surface area contributed by atoms with E-state index in [4.69, 9.17) is 9.47 Å². The van der Waals surface area contributed by atoms with Crippen LogP contribution in [-0.2, 0) is 14.3 Å². The second-order valence-electron chi connectivity index (χ2n) is 4.81. The third kappa shape index (κ3) is 3.17. The van der Waals surface area contributed by atoms with Crippen molar-refractivity contribution in [2.24, 2.45) is 0 Å². The number of rotatable bonds is 3. The quantitative estimate of drug-likeness (QED) is 0.694. The van der Waals surface area contributed by atoms with E-state index in [0.29, 0.717) is 19.6 Å². The molecule has 2 atom stereocenters. The van der Waals surface area contributed by atoms with Crippen molar-refractivity contribution < 1.29 is 14.3 Å². The summed E-state index contributed by atoms with van der Waals surface area (Å²) in [5.41, 5.74) is -0.181.